The molecule has 0 saturated heterocycles. The van der Waals surface area contributed by atoms with Crippen LogP contribution in [-0.2, 0) is 20.0 Å². The molecule has 0 aliphatic carbocycles. The average molecular weight is 500 g/mol. The number of nitrogens with one attached hydrogen (secondary N) is 2. The van der Waals surface area contributed by atoms with Gasteiger partial charge in [0.15, 0.2) is 5.96 Å². The van der Waals surface area contributed by atoms with Gasteiger partial charge in [-0.15, -0.1) is 24.0 Å². The minimum absolute atomic E-state index is 0. The number of guanidine groups is 1. The molecule has 0 bridgehead atoms. The minimum Gasteiger partial charge on any atom is -0.477 e. The number of nitrogens with zero attached hydrogens (tertiary/aromatic N) is 4. The van der Waals surface area contributed by atoms with Crippen LogP contribution in [0.2, 0.25) is 0 Å². The maximum absolute atomic E-state index is 5.72. The van der Waals surface area contributed by atoms with E-state index in [1.165, 1.54) is 11.3 Å². The molecule has 0 fully saturated rings. The number of ether oxygens (including phenoxy) is 1. The van der Waals surface area contributed by atoms with Gasteiger partial charge in [-0.3, -0.25) is 9.67 Å². The highest BCUT2D eigenvalue weighted by Gasteiger charge is 2.14. The molecule has 1 atom stereocenters. The zero-order valence-electron chi connectivity index (χ0n) is 17.7. The van der Waals surface area contributed by atoms with Gasteiger partial charge in [-0.1, -0.05) is 13.0 Å². The first kappa shape index (κ1) is 24.2. The molecule has 0 aliphatic heterocycles. The third-order valence-electron chi connectivity index (χ3n) is 4.52. The van der Waals surface area contributed by atoms with Crippen LogP contribution < -0.4 is 15.4 Å². The van der Waals surface area contributed by atoms with Gasteiger partial charge in [-0.05, 0) is 45.2 Å². The van der Waals surface area contributed by atoms with Crippen molar-refractivity contribution in [1.82, 2.24) is 25.4 Å². The van der Waals surface area contributed by atoms with Crippen LogP contribution >= 0.6 is 24.0 Å². The Balaban J connectivity index is 0.00000392. The fraction of sp³-hybridized carbons (Fsp3) is 0.550. The van der Waals surface area contributed by atoms with Crippen LogP contribution in [0.25, 0.3) is 0 Å². The Labute approximate surface area is 185 Å². The maximum atomic E-state index is 5.72. The SMILES string of the molecule is CCCOc1ncccc1CNC(=NC)NC(C)Cc1c(C)nn(C)c1C.I. The molecule has 28 heavy (non-hydrogen) atoms. The van der Waals surface area contributed by atoms with E-state index in [9.17, 15) is 0 Å². The molecule has 0 aliphatic rings. The summed E-state index contributed by atoms with van der Waals surface area (Å²) in [4.78, 5) is 8.67. The molecule has 2 heterocycles. The second-order valence-corrected chi connectivity index (χ2v) is 6.76. The van der Waals surface area contributed by atoms with Gasteiger partial charge in [-0.25, -0.2) is 4.98 Å². The predicted octanol–water partition coefficient (Wildman–Crippen LogP) is 3.13. The zero-order valence-corrected chi connectivity index (χ0v) is 20.1. The van der Waals surface area contributed by atoms with Crippen LogP contribution in [0.4, 0.5) is 0 Å². The molecule has 0 radical (unpaired) electrons. The smallest absolute Gasteiger partial charge is 0.218 e. The quantitative estimate of drug-likeness (QED) is 0.331. The Morgan fingerprint density at radius 2 is 2.11 bits per heavy atom. The second-order valence-electron chi connectivity index (χ2n) is 6.76. The van der Waals surface area contributed by atoms with E-state index in [4.69, 9.17) is 4.74 Å². The normalized spacial score (nSPS) is 12.3. The third-order valence-corrected chi connectivity index (χ3v) is 4.52. The van der Waals surface area contributed by atoms with Crippen LogP contribution in [0, 0.1) is 13.8 Å². The van der Waals surface area contributed by atoms with Crippen molar-refractivity contribution < 1.29 is 4.74 Å². The van der Waals surface area contributed by atoms with Crippen LogP contribution in [-0.4, -0.2) is 40.4 Å². The number of pyridine rings is 1. The van der Waals surface area contributed by atoms with Crippen LogP contribution in [0.1, 0.15) is 42.8 Å². The van der Waals surface area contributed by atoms with Crippen molar-refractivity contribution in [3.8, 4) is 5.88 Å². The molecule has 2 N–H and O–H groups in total. The van der Waals surface area contributed by atoms with E-state index < -0.39 is 0 Å². The molecule has 1 unspecified atom stereocenters. The van der Waals surface area contributed by atoms with Gasteiger partial charge in [0.1, 0.15) is 0 Å². The highest BCUT2D eigenvalue weighted by atomic mass is 127. The van der Waals surface area contributed by atoms with Gasteiger partial charge < -0.3 is 15.4 Å². The van der Waals surface area contributed by atoms with Crippen molar-refractivity contribution in [2.45, 2.75) is 53.1 Å². The molecule has 2 rings (SSSR count). The highest BCUT2D eigenvalue weighted by Crippen LogP contribution is 2.15. The first-order valence-electron chi connectivity index (χ1n) is 9.49. The summed E-state index contributed by atoms with van der Waals surface area (Å²) in [5, 5.41) is 11.3. The minimum atomic E-state index is 0. The lowest BCUT2D eigenvalue weighted by molar-refractivity contribution is 0.301. The molecule has 156 valence electrons. The van der Waals surface area contributed by atoms with E-state index >= 15 is 0 Å². The van der Waals surface area contributed by atoms with Crippen LogP contribution in [0.15, 0.2) is 23.3 Å². The molecule has 0 amide bonds. The van der Waals surface area contributed by atoms with Gasteiger partial charge >= 0.3 is 0 Å². The first-order valence-corrected chi connectivity index (χ1v) is 9.49. The molecule has 7 nitrogen and oxygen atoms in total. The molecule has 2 aromatic rings. The summed E-state index contributed by atoms with van der Waals surface area (Å²) < 4.78 is 7.66. The summed E-state index contributed by atoms with van der Waals surface area (Å²) in [5.41, 5.74) is 4.59. The van der Waals surface area contributed by atoms with Crippen LogP contribution in [0.5, 0.6) is 5.88 Å². The fourth-order valence-electron chi connectivity index (χ4n) is 2.96. The Morgan fingerprint density at radius 1 is 1.36 bits per heavy atom. The lowest BCUT2D eigenvalue weighted by atomic mass is 10.1. The van der Waals surface area contributed by atoms with Crippen molar-refractivity contribution in [3.05, 3.63) is 40.8 Å². The van der Waals surface area contributed by atoms with E-state index in [1.54, 1.807) is 13.2 Å². The number of aliphatic imine (C=N–C) groups is 1. The highest BCUT2D eigenvalue weighted by molar-refractivity contribution is 14.0. The monoisotopic (exact) mass is 500 g/mol. The summed E-state index contributed by atoms with van der Waals surface area (Å²) in [6.07, 6.45) is 3.60. The molecule has 2 aromatic heterocycles. The van der Waals surface area contributed by atoms with E-state index in [2.05, 4.69) is 53.4 Å². The Kier molecular flexibility index (Phi) is 10.3. The van der Waals surface area contributed by atoms with Crippen molar-refractivity contribution in [2.24, 2.45) is 12.0 Å². The molecular formula is C20H33IN6O. The topological polar surface area (TPSA) is 76.4 Å². The third kappa shape index (κ3) is 6.65. The lowest BCUT2D eigenvalue weighted by Gasteiger charge is -2.19. The van der Waals surface area contributed by atoms with E-state index in [0.717, 1.165) is 30.1 Å². The molecule has 0 aromatic carbocycles. The van der Waals surface area contributed by atoms with E-state index in [-0.39, 0.29) is 30.0 Å². The zero-order chi connectivity index (χ0) is 19.8. The second kappa shape index (κ2) is 11.9. The lowest BCUT2D eigenvalue weighted by Crippen LogP contribution is -2.42. The van der Waals surface area contributed by atoms with Crippen molar-refractivity contribution in [1.29, 1.82) is 0 Å². The maximum Gasteiger partial charge on any atom is 0.218 e. The Morgan fingerprint density at radius 3 is 2.71 bits per heavy atom. The molecule has 0 spiro atoms. The molecule has 8 heteroatoms. The van der Waals surface area contributed by atoms with Gasteiger partial charge in [0.2, 0.25) is 5.88 Å². The predicted molar refractivity (Wildman–Crippen MR) is 125 cm³/mol. The largest absolute Gasteiger partial charge is 0.477 e. The van der Waals surface area contributed by atoms with Gasteiger partial charge in [-0.2, -0.15) is 5.10 Å². The van der Waals surface area contributed by atoms with Crippen LogP contribution in [0.3, 0.4) is 0 Å². The van der Waals surface area contributed by atoms with Crippen molar-refractivity contribution in [2.75, 3.05) is 13.7 Å². The summed E-state index contributed by atoms with van der Waals surface area (Å²) in [6, 6.07) is 4.16. The summed E-state index contributed by atoms with van der Waals surface area (Å²) in [6.45, 7) is 9.66. The fourth-order valence-corrected chi connectivity index (χ4v) is 2.96. The van der Waals surface area contributed by atoms with Crippen molar-refractivity contribution in [3.63, 3.8) is 0 Å². The first-order chi connectivity index (χ1) is 13.0. The Hall–Kier alpha value is -1.84. The number of hydrogen-bond acceptors (Lipinski definition) is 4. The standard InChI is InChI=1S/C20H32N6O.HI/c1-7-11-27-19-17(9-8-10-22-19)13-23-20(21-5)24-14(2)12-18-15(3)25-26(6)16(18)4;/h8-10,14H,7,11-13H2,1-6H3,(H2,21,23,24);1H. The average Bonchev–Trinajstić information content (AvgIpc) is 2.90. The number of aryl methyl sites for hydroxylation is 2. The van der Waals surface area contributed by atoms with Gasteiger partial charge in [0, 0.05) is 44.1 Å². The number of rotatable bonds is 8. The molecular weight excluding hydrogens is 467 g/mol. The molecule has 0 saturated carbocycles. The van der Waals surface area contributed by atoms with E-state index in [1.807, 2.05) is 23.9 Å². The van der Waals surface area contributed by atoms with E-state index in [0.29, 0.717) is 19.0 Å². The van der Waals surface area contributed by atoms with Gasteiger partial charge in [0.25, 0.3) is 0 Å². The summed E-state index contributed by atoms with van der Waals surface area (Å²) in [5.74, 6) is 1.43. The van der Waals surface area contributed by atoms with Crippen molar-refractivity contribution >= 4 is 29.9 Å². The Bertz CT molecular complexity index is 774. The van der Waals surface area contributed by atoms with Gasteiger partial charge in [0.05, 0.1) is 12.3 Å². The summed E-state index contributed by atoms with van der Waals surface area (Å²) in [7, 11) is 3.76. The number of aromatic nitrogens is 3. The summed E-state index contributed by atoms with van der Waals surface area (Å²) >= 11 is 0. The number of hydrogen-bond donors (Lipinski definition) is 2. The number of halogens is 1.